The molecule has 1 aliphatic carbocycles. The third-order valence-corrected chi connectivity index (χ3v) is 8.02. The van der Waals surface area contributed by atoms with Crippen molar-refractivity contribution in [2.24, 2.45) is 5.92 Å². The summed E-state index contributed by atoms with van der Waals surface area (Å²) in [6.07, 6.45) is 6.29. The van der Waals surface area contributed by atoms with E-state index < -0.39 is 23.6 Å². The molecule has 2 aliphatic rings. The van der Waals surface area contributed by atoms with Gasteiger partial charge in [-0.15, -0.1) is 0 Å². The van der Waals surface area contributed by atoms with E-state index >= 15 is 0 Å². The van der Waals surface area contributed by atoms with Crippen molar-refractivity contribution in [2.75, 3.05) is 42.9 Å². The fraction of sp³-hybridized carbons (Fsp3) is 0.294. The Labute approximate surface area is 251 Å². The molecule has 0 fully saturated rings. The number of nitrogens with one attached hydrogen (secondary N) is 1. The van der Waals surface area contributed by atoms with Gasteiger partial charge in [0.05, 0.1) is 18.4 Å². The summed E-state index contributed by atoms with van der Waals surface area (Å²) in [4.78, 5) is 58.8. The molecule has 0 spiro atoms. The molecule has 0 saturated carbocycles. The Morgan fingerprint density at radius 2 is 1.70 bits per heavy atom. The molecule has 9 nitrogen and oxygen atoms in total. The van der Waals surface area contributed by atoms with Gasteiger partial charge >= 0.3 is 0 Å². The second kappa shape index (κ2) is 12.9. The number of nitrogens with zero attached hydrogens (tertiary/aromatic N) is 3. The number of carbonyl (C=O) groups excluding carboxylic acids is 4. The van der Waals surface area contributed by atoms with Crippen LogP contribution in [0.15, 0.2) is 84.9 Å². The minimum Gasteiger partial charge on any atom is -0.497 e. The molecule has 5 rings (SSSR count). The van der Waals surface area contributed by atoms with Crippen LogP contribution in [0.5, 0.6) is 5.75 Å². The summed E-state index contributed by atoms with van der Waals surface area (Å²) in [5, 5.41) is 3.04. The average molecular weight is 581 g/mol. The highest BCUT2D eigenvalue weighted by Crippen LogP contribution is 2.31. The molecular weight excluding hydrogens is 544 g/mol. The number of benzene rings is 3. The van der Waals surface area contributed by atoms with E-state index in [4.69, 9.17) is 4.74 Å². The predicted octanol–water partition coefficient (Wildman–Crippen LogP) is 4.68. The van der Waals surface area contributed by atoms with Crippen molar-refractivity contribution in [2.45, 2.75) is 31.8 Å². The first kappa shape index (κ1) is 29.6. The molecule has 3 aromatic carbocycles. The molecule has 0 bridgehead atoms. The van der Waals surface area contributed by atoms with E-state index in [0.717, 1.165) is 24.1 Å². The van der Waals surface area contributed by atoms with Crippen LogP contribution in [0.3, 0.4) is 0 Å². The second-order valence-electron chi connectivity index (χ2n) is 11.0. The van der Waals surface area contributed by atoms with Crippen molar-refractivity contribution in [3.05, 3.63) is 96.1 Å². The summed E-state index contributed by atoms with van der Waals surface area (Å²) < 4.78 is 5.30. The molecule has 0 aromatic heterocycles. The number of carbonyl (C=O) groups is 4. The minimum absolute atomic E-state index is 0.137. The van der Waals surface area contributed by atoms with Crippen LogP contribution in [-0.4, -0.2) is 62.2 Å². The van der Waals surface area contributed by atoms with Gasteiger partial charge in [-0.05, 0) is 79.3 Å². The smallest absolute Gasteiger partial charge is 0.299 e. The summed E-state index contributed by atoms with van der Waals surface area (Å²) in [7, 11) is 5.47. The molecule has 1 N–H and O–H groups in total. The molecule has 0 unspecified atom stereocenters. The van der Waals surface area contributed by atoms with Crippen molar-refractivity contribution >= 4 is 40.6 Å². The molecule has 43 heavy (non-hydrogen) atoms. The van der Waals surface area contributed by atoms with Crippen molar-refractivity contribution in [3.8, 4) is 5.75 Å². The maximum Gasteiger partial charge on any atom is 0.299 e. The van der Waals surface area contributed by atoms with Crippen LogP contribution in [0.1, 0.15) is 35.2 Å². The number of allylic oxidation sites excluding steroid dienone is 2. The molecule has 9 heteroatoms. The molecule has 0 radical (unpaired) electrons. The Morgan fingerprint density at radius 3 is 2.35 bits per heavy atom. The molecule has 222 valence electrons. The molecule has 1 heterocycles. The Balaban J connectivity index is 1.49. The standard InChI is InChI=1S/C34H36N4O5/c1-36(2)26-17-15-25(16-18-26)35-33(41)31(24-9-5-4-6-10-24)38(21-23-13-19-27(43-3)20-14-23)30(39)22-37-29-12-8-7-11-28(29)32(40)34(37)42/h4-5,7-8,11-20,24,31H,6,9-10,21-22H2,1-3H3,(H,35,41)/t24-,31+/m1/s1. The normalized spacial score (nSPS) is 16.4. The number of amides is 3. The van der Waals surface area contributed by atoms with Crippen molar-refractivity contribution in [1.82, 2.24) is 4.90 Å². The Morgan fingerprint density at radius 1 is 0.977 bits per heavy atom. The topological polar surface area (TPSA) is 99.3 Å². The van der Waals surface area contributed by atoms with E-state index in [0.29, 0.717) is 23.5 Å². The zero-order valence-electron chi connectivity index (χ0n) is 24.7. The van der Waals surface area contributed by atoms with E-state index in [1.807, 2.05) is 67.5 Å². The number of Topliss-reactive ketones (excluding diaryl/α,β-unsaturated/α-hetero) is 1. The summed E-state index contributed by atoms with van der Waals surface area (Å²) in [5.74, 6) is -1.58. The highest BCUT2D eigenvalue weighted by Gasteiger charge is 2.41. The third-order valence-electron chi connectivity index (χ3n) is 8.02. The van der Waals surface area contributed by atoms with Gasteiger partial charge in [-0.1, -0.05) is 36.4 Å². The highest BCUT2D eigenvalue weighted by molar-refractivity contribution is 6.52. The van der Waals surface area contributed by atoms with Crippen LogP contribution in [0.25, 0.3) is 0 Å². The zero-order valence-corrected chi connectivity index (χ0v) is 24.7. The first-order valence-electron chi connectivity index (χ1n) is 14.4. The number of para-hydroxylation sites is 1. The van der Waals surface area contributed by atoms with Gasteiger partial charge in [0.15, 0.2) is 0 Å². The Bertz CT molecular complexity index is 1530. The van der Waals surface area contributed by atoms with Crippen LogP contribution in [-0.2, 0) is 20.9 Å². The van der Waals surface area contributed by atoms with Gasteiger partial charge in [0.25, 0.3) is 11.7 Å². The van der Waals surface area contributed by atoms with Crippen LogP contribution in [0.2, 0.25) is 0 Å². The zero-order chi connectivity index (χ0) is 30.5. The Kier molecular flexibility index (Phi) is 8.90. The van der Waals surface area contributed by atoms with Crippen LogP contribution < -0.4 is 19.9 Å². The lowest BCUT2D eigenvalue weighted by atomic mass is 9.85. The number of ketones is 1. The summed E-state index contributed by atoms with van der Waals surface area (Å²) in [5.41, 5.74) is 3.09. The van der Waals surface area contributed by atoms with Gasteiger partial charge in [-0.2, -0.15) is 0 Å². The number of fused-ring (bicyclic) bond motifs is 1. The van der Waals surface area contributed by atoms with E-state index in [2.05, 4.69) is 17.5 Å². The number of ether oxygens (including phenoxy) is 1. The Hall–Kier alpha value is -4.92. The summed E-state index contributed by atoms with van der Waals surface area (Å²) in [6, 6.07) is 20.7. The molecule has 0 saturated heterocycles. The summed E-state index contributed by atoms with van der Waals surface area (Å²) in [6.45, 7) is -0.222. The third kappa shape index (κ3) is 6.45. The SMILES string of the molecule is COc1ccc(CN(C(=O)CN2C(=O)C(=O)c3ccccc32)[C@H](C(=O)Nc2ccc(N(C)C)cc2)[C@@H]2CC=CCC2)cc1. The molecule has 1 aliphatic heterocycles. The van der Waals surface area contributed by atoms with E-state index in [1.54, 1.807) is 36.3 Å². The lowest BCUT2D eigenvalue weighted by Crippen LogP contribution is -2.54. The number of hydrogen-bond donors (Lipinski definition) is 1. The number of hydrogen-bond acceptors (Lipinski definition) is 6. The number of anilines is 3. The van der Waals surface area contributed by atoms with Crippen molar-refractivity contribution in [3.63, 3.8) is 0 Å². The monoisotopic (exact) mass is 580 g/mol. The quantitative estimate of drug-likeness (QED) is 0.276. The van der Waals surface area contributed by atoms with E-state index in [1.165, 1.54) is 4.90 Å². The van der Waals surface area contributed by atoms with E-state index in [-0.39, 0.29) is 30.5 Å². The molecule has 3 aromatic rings. The first-order valence-corrected chi connectivity index (χ1v) is 14.4. The maximum atomic E-state index is 14.2. The van der Waals surface area contributed by atoms with Gasteiger partial charge in [0, 0.05) is 32.0 Å². The van der Waals surface area contributed by atoms with Gasteiger partial charge in [-0.3, -0.25) is 24.1 Å². The van der Waals surface area contributed by atoms with Gasteiger partial charge in [0.1, 0.15) is 18.3 Å². The highest BCUT2D eigenvalue weighted by atomic mass is 16.5. The van der Waals surface area contributed by atoms with Crippen LogP contribution >= 0.6 is 0 Å². The van der Waals surface area contributed by atoms with Crippen LogP contribution in [0, 0.1) is 5.92 Å². The first-order chi connectivity index (χ1) is 20.8. The van der Waals surface area contributed by atoms with Gasteiger partial charge in [-0.25, -0.2) is 0 Å². The van der Waals surface area contributed by atoms with Crippen molar-refractivity contribution < 1.29 is 23.9 Å². The number of rotatable bonds is 10. The largest absolute Gasteiger partial charge is 0.497 e. The number of methoxy groups -OCH3 is 1. The van der Waals surface area contributed by atoms with Gasteiger partial charge in [0.2, 0.25) is 11.8 Å². The lowest BCUT2D eigenvalue weighted by molar-refractivity contribution is -0.140. The second-order valence-corrected chi connectivity index (χ2v) is 11.0. The lowest BCUT2D eigenvalue weighted by Gasteiger charge is -2.37. The fourth-order valence-electron chi connectivity index (χ4n) is 5.67. The van der Waals surface area contributed by atoms with Crippen molar-refractivity contribution in [1.29, 1.82) is 0 Å². The van der Waals surface area contributed by atoms with E-state index in [9.17, 15) is 19.2 Å². The molecule has 3 amide bonds. The summed E-state index contributed by atoms with van der Waals surface area (Å²) >= 11 is 0. The molecule has 2 atom stereocenters. The maximum absolute atomic E-state index is 14.2. The fourth-order valence-corrected chi connectivity index (χ4v) is 5.67. The molecular formula is C34H36N4O5. The minimum atomic E-state index is -0.822. The average Bonchev–Trinajstić information content (AvgIpc) is 3.26. The predicted molar refractivity (Wildman–Crippen MR) is 166 cm³/mol. The van der Waals surface area contributed by atoms with Crippen LogP contribution in [0.4, 0.5) is 17.1 Å². The van der Waals surface area contributed by atoms with Gasteiger partial charge < -0.3 is 19.9 Å².